The normalized spacial score (nSPS) is 19.4. The zero-order valence-corrected chi connectivity index (χ0v) is 34.7. The maximum Gasteiger partial charge on any atom is 0.255 e. The fraction of sp³-hybridized carbons (Fsp3) is 0.386. The van der Waals surface area contributed by atoms with Gasteiger partial charge in [-0.3, -0.25) is 9.69 Å². The molecule has 3 aromatic carbocycles. The van der Waals surface area contributed by atoms with Gasteiger partial charge in [-0.15, -0.1) is 0 Å². The number of amides is 1. The summed E-state index contributed by atoms with van der Waals surface area (Å²) in [6, 6.07) is 21.4. The fourth-order valence-electron chi connectivity index (χ4n) is 8.61. The van der Waals surface area contributed by atoms with Crippen LogP contribution in [0.5, 0.6) is 11.5 Å². The van der Waals surface area contributed by atoms with Crippen LogP contribution < -0.4 is 19.7 Å². The van der Waals surface area contributed by atoms with E-state index in [2.05, 4.69) is 43.2 Å². The van der Waals surface area contributed by atoms with Crippen LogP contribution in [0.2, 0.25) is 0 Å². The van der Waals surface area contributed by atoms with Gasteiger partial charge in [0.05, 0.1) is 39.7 Å². The van der Waals surface area contributed by atoms with Crippen molar-refractivity contribution in [3.05, 3.63) is 117 Å². The first kappa shape index (κ1) is 39.7. The number of aromatic nitrogens is 4. The number of carbonyl (C=O) groups excluding carboxylic acids is 1. The van der Waals surface area contributed by atoms with Gasteiger partial charge in [0.1, 0.15) is 22.9 Å². The Balaban J connectivity index is 1.32. The molecule has 2 atom stereocenters. The van der Waals surface area contributed by atoms with Crippen LogP contribution in [-0.4, -0.2) is 120 Å². The summed E-state index contributed by atoms with van der Waals surface area (Å²) in [5.74, 6) is 3.37. The van der Waals surface area contributed by atoms with Crippen molar-refractivity contribution in [3.8, 4) is 22.8 Å². The number of nitrogens with one attached hydrogen (secondary N) is 1. The summed E-state index contributed by atoms with van der Waals surface area (Å²) in [7, 11) is 3.31. The number of morpholine rings is 1. The number of nitrogens with zero attached hydrogens (tertiary/aromatic N) is 7. The van der Waals surface area contributed by atoms with Crippen LogP contribution in [0.1, 0.15) is 38.4 Å². The van der Waals surface area contributed by atoms with Crippen LogP contribution >= 0.6 is 15.9 Å². The van der Waals surface area contributed by atoms with Crippen molar-refractivity contribution >= 4 is 33.6 Å². The van der Waals surface area contributed by atoms with Gasteiger partial charge in [-0.2, -0.15) is 4.98 Å². The number of piperazine rings is 1. The molecule has 0 radical (unpaired) electrons. The minimum absolute atomic E-state index is 0.0471. The number of benzene rings is 3. The van der Waals surface area contributed by atoms with Gasteiger partial charge in [0.15, 0.2) is 5.82 Å². The average molecular weight is 850 g/mol. The molecule has 2 saturated heterocycles. The molecule has 13 nitrogen and oxygen atoms in total. The van der Waals surface area contributed by atoms with Gasteiger partial charge in [-0.1, -0.05) is 46.3 Å². The summed E-state index contributed by atoms with van der Waals surface area (Å²) in [4.78, 5) is 42.3. The van der Waals surface area contributed by atoms with E-state index in [1.165, 1.54) is 0 Å². The molecule has 0 bridgehead atoms. The fourth-order valence-corrected chi connectivity index (χ4v) is 8.97. The molecule has 14 heteroatoms. The summed E-state index contributed by atoms with van der Waals surface area (Å²) in [6.07, 6.45) is 5.42. The van der Waals surface area contributed by atoms with Crippen LogP contribution in [-0.2, 0) is 29.5 Å². The number of anilines is 2. The second-order valence-electron chi connectivity index (χ2n) is 14.9. The maximum atomic E-state index is 15.3. The maximum absolute atomic E-state index is 15.3. The lowest BCUT2D eigenvalue weighted by molar-refractivity contribution is -0.0515. The zero-order chi connectivity index (χ0) is 40.2. The Kier molecular flexibility index (Phi) is 11.9. The molecule has 0 aliphatic carbocycles. The van der Waals surface area contributed by atoms with E-state index in [1.54, 1.807) is 14.2 Å². The van der Waals surface area contributed by atoms with Crippen molar-refractivity contribution < 1.29 is 24.1 Å². The highest BCUT2D eigenvalue weighted by Crippen LogP contribution is 2.43. The van der Waals surface area contributed by atoms with E-state index in [1.807, 2.05) is 78.8 Å². The Labute approximate surface area is 347 Å². The number of fused-ring (bicyclic) bond motifs is 1. The van der Waals surface area contributed by atoms with Gasteiger partial charge in [0, 0.05) is 85.3 Å². The molecule has 3 aliphatic rings. The molecule has 302 valence electrons. The van der Waals surface area contributed by atoms with Crippen molar-refractivity contribution in [3.63, 3.8) is 0 Å². The molecule has 2 unspecified atom stereocenters. The first-order valence-corrected chi connectivity index (χ1v) is 20.6. The highest BCUT2D eigenvalue weighted by molar-refractivity contribution is 9.10. The lowest BCUT2D eigenvalue weighted by Gasteiger charge is -2.55. The zero-order valence-electron chi connectivity index (χ0n) is 33.2. The van der Waals surface area contributed by atoms with Crippen molar-refractivity contribution in [2.75, 3.05) is 83.5 Å². The monoisotopic (exact) mass is 848 g/mol. The number of hydrogen-bond donors (Lipinski definition) is 2. The standard InChI is InChI=1S/C44H49BrN8O5/c1-29-35(5-4-6-37(29)45)41(55)53-18-17-51(19-22-54)38(25-30-7-11-33(56-2)12-8-30)44(53,26-31-9-13-34(57-3)14-10-31)42-47-27-32(28-48-42)39-36-15-16-46-40(36)50-43(49-39)52-20-23-58-24-21-52/h4-14,27-28,38,54H,15-26H2,1-3H3,(H,46,49,50). The summed E-state index contributed by atoms with van der Waals surface area (Å²) in [5.41, 5.74) is 4.99. The molecule has 5 heterocycles. The number of β-amino-alcohol motifs (C(OH)–C–C–N with tert-alkyl or cyclic N) is 1. The topological polar surface area (TPSA) is 138 Å². The van der Waals surface area contributed by atoms with E-state index in [-0.39, 0.29) is 18.6 Å². The molecule has 0 spiro atoms. The number of rotatable bonds is 12. The Hall–Kier alpha value is -5.15. The Morgan fingerprint density at radius 2 is 1.62 bits per heavy atom. The predicted molar refractivity (Wildman–Crippen MR) is 226 cm³/mol. The highest BCUT2D eigenvalue weighted by Gasteiger charge is 2.55. The quantitative estimate of drug-likeness (QED) is 0.168. The van der Waals surface area contributed by atoms with E-state index in [0.29, 0.717) is 76.1 Å². The lowest BCUT2D eigenvalue weighted by Crippen LogP contribution is -2.69. The van der Waals surface area contributed by atoms with Gasteiger partial charge in [0.2, 0.25) is 5.95 Å². The summed E-state index contributed by atoms with van der Waals surface area (Å²) < 4.78 is 17.5. The SMILES string of the molecule is COc1ccc(CC2N(CCO)CCN(C(=O)c3cccc(Br)c3C)C2(Cc2ccc(OC)cc2)c2ncc(-c3nc(N4CCOCC4)nc4c3CCN4)cn2)cc1. The highest BCUT2D eigenvalue weighted by atomic mass is 79.9. The minimum Gasteiger partial charge on any atom is -0.497 e. The molecule has 2 aromatic heterocycles. The average Bonchev–Trinajstić information content (AvgIpc) is 3.75. The number of halogens is 1. The van der Waals surface area contributed by atoms with Gasteiger partial charge in [-0.05, 0) is 72.9 Å². The number of ether oxygens (including phenoxy) is 3. The molecule has 8 rings (SSSR count). The van der Waals surface area contributed by atoms with Crippen LogP contribution in [0.3, 0.4) is 0 Å². The third kappa shape index (κ3) is 7.73. The van der Waals surface area contributed by atoms with Crippen LogP contribution in [0.4, 0.5) is 11.8 Å². The third-order valence-corrected chi connectivity index (χ3v) is 12.6. The van der Waals surface area contributed by atoms with E-state index in [9.17, 15) is 5.11 Å². The van der Waals surface area contributed by atoms with Gasteiger partial charge >= 0.3 is 0 Å². The van der Waals surface area contributed by atoms with E-state index < -0.39 is 5.54 Å². The summed E-state index contributed by atoms with van der Waals surface area (Å²) >= 11 is 3.68. The molecule has 58 heavy (non-hydrogen) atoms. The molecule has 0 saturated carbocycles. The van der Waals surface area contributed by atoms with Crippen molar-refractivity contribution in [1.82, 2.24) is 29.7 Å². The Morgan fingerprint density at radius 1 is 0.931 bits per heavy atom. The molecule has 2 fully saturated rings. The molecular weight excluding hydrogens is 800 g/mol. The molecule has 2 N–H and O–H groups in total. The second kappa shape index (κ2) is 17.4. The second-order valence-corrected chi connectivity index (χ2v) is 15.8. The van der Waals surface area contributed by atoms with E-state index in [0.717, 1.165) is 68.3 Å². The number of aliphatic hydroxyl groups excluding tert-OH is 1. The largest absolute Gasteiger partial charge is 0.497 e. The summed E-state index contributed by atoms with van der Waals surface area (Å²) in [5, 5.41) is 14.0. The van der Waals surface area contributed by atoms with Crippen LogP contribution in [0.25, 0.3) is 11.3 Å². The predicted octanol–water partition coefficient (Wildman–Crippen LogP) is 5.33. The number of aliphatic hydroxyl groups is 1. The molecule has 5 aromatic rings. The Bertz CT molecular complexity index is 2220. The minimum atomic E-state index is -1.11. The van der Waals surface area contributed by atoms with E-state index in [4.69, 9.17) is 34.1 Å². The third-order valence-electron chi connectivity index (χ3n) is 11.7. The number of hydrogen-bond acceptors (Lipinski definition) is 12. The van der Waals surface area contributed by atoms with Crippen molar-refractivity contribution in [2.45, 2.75) is 37.8 Å². The van der Waals surface area contributed by atoms with Crippen LogP contribution in [0.15, 0.2) is 83.6 Å². The van der Waals surface area contributed by atoms with Crippen LogP contribution in [0, 0.1) is 6.92 Å². The molecule has 1 amide bonds. The Morgan fingerprint density at radius 3 is 2.29 bits per heavy atom. The lowest BCUT2D eigenvalue weighted by atomic mass is 9.75. The van der Waals surface area contributed by atoms with Crippen molar-refractivity contribution in [2.24, 2.45) is 0 Å². The van der Waals surface area contributed by atoms with Gasteiger partial charge in [0.25, 0.3) is 5.91 Å². The number of carbonyl (C=O) groups is 1. The molecular formula is C44H49BrN8O5. The first-order valence-electron chi connectivity index (χ1n) is 19.8. The van der Waals surface area contributed by atoms with Crippen molar-refractivity contribution in [1.29, 1.82) is 0 Å². The summed E-state index contributed by atoms with van der Waals surface area (Å²) in [6.45, 7) is 6.70. The smallest absolute Gasteiger partial charge is 0.255 e. The van der Waals surface area contributed by atoms with Gasteiger partial charge < -0.3 is 34.4 Å². The van der Waals surface area contributed by atoms with Gasteiger partial charge in [-0.25, -0.2) is 15.0 Å². The number of methoxy groups -OCH3 is 2. The molecule has 3 aliphatic heterocycles. The first-order chi connectivity index (χ1) is 28.3. The van der Waals surface area contributed by atoms with E-state index >= 15 is 4.79 Å².